The number of nitrogens with two attached hydrogens (primary N) is 1. The molecule has 8 rings (SSSR count). The predicted molar refractivity (Wildman–Crippen MR) is 248 cm³/mol. The van der Waals surface area contributed by atoms with Crippen LogP contribution in [0.25, 0.3) is 0 Å². The van der Waals surface area contributed by atoms with Gasteiger partial charge in [-0.2, -0.15) is 63.5 Å². The zero-order valence-corrected chi connectivity index (χ0v) is 38.6. The Morgan fingerprint density at radius 2 is 1.12 bits per heavy atom. The molecule has 0 radical (unpaired) electrons. The maximum Gasteiger partial charge on any atom is 0.416 e. The number of pyridine rings is 2. The number of benzene rings is 2. The second kappa shape index (κ2) is 20.5. The normalized spacial score (nSPS) is 15.4. The molecule has 0 unspecified atom stereocenters. The second-order valence-electron chi connectivity index (χ2n) is 14.8. The average molecular weight is 1010 g/mol. The van der Waals surface area contributed by atoms with Gasteiger partial charge in [-0.05, 0) is 92.6 Å². The van der Waals surface area contributed by atoms with Crippen LogP contribution in [-0.4, -0.2) is 54.4 Å². The van der Waals surface area contributed by atoms with Crippen LogP contribution in [0, 0.1) is 30.6 Å². The second-order valence-corrected chi connectivity index (χ2v) is 15.4. The lowest BCUT2D eigenvalue weighted by Crippen LogP contribution is -2.43. The van der Waals surface area contributed by atoms with Crippen LogP contribution in [0.15, 0.2) is 85.5 Å². The quantitative estimate of drug-likeness (QED) is 0.106. The summed E-state index contributed by atoms with van der Waals surface area (Å²) in [5.74, 6) is 11.3. The maximum absolute atomic E-state index is 13.3. The summed E-state index contributed by atoms with van der Waals surface area (Å²) in [5, 5.41) is 8.57. The first kappa shape index (κ1) is 50.7. The molecule has 2 aromatic carbocycles. The molecule has 2 aliphatic rings. The van der Waals surface area contributed by atoms with Crippen molar-refractivity contribution in [2.45, 2.75) is 57.2 Å². The van der Waals surface area contributed by atoms with Gasteiger partial charge in [0.15, 0.2) is 0 Å². The van der Waals surface area contributed by atoms with E-state index in [0.29, 0.717) is 39.5 Å². The van der Waals surface area contributed by atoms with E-state index in [2.05, 4.69) is 59.8 Å². The van der Waals surface area contributed by atoms with E-state index in [1.165, 1.54) is 46.6 Å². The number of nitrogen functional groups attached to an aromatic ring is 1. The smallest absolute Gasteiger partial charge is 0.384 e. The lowest BCUT2D eigenvalue weighted by atomic mass is 10.0. The molecule has 0 saturated heterocycles. The van der Waals surface area contributed by atoms with Crippen molar-refractivity contribution in [1.82, 2.24) is 29.5 Å². The Morgan fingerprint density at radius 3 is 1.53 bits per heavy atom. The Bertz CT molecular complexity index is 2690. The van der Waals surface area contributed by atoms with Crippen LogP contribution in [-0.2, 0) is 24.4 Å². The number of nitrogens with zero attached hydrogens (tertiary/aromatic N) is 8. The molecule has 0 fully saturated rings. The van der Waals surface area contributed by atoms with E-state index in [1.54, 1.807) is 27.7 Å². The highest BCUT2D eigenvalue weighted by atomic mass is 79.9. The first-order valence-corrected chi connectivity index (χ1v) is 20.5. The Balaban J connectivity index is 0.000000240. The third-order valence-electron chi connectivity index (χ3n) is 10.3. The van der Waals surface area contributed by atoms with E-state index >= 15 is 0 Å². The van der Waals surface area contributed by atoms with Gasteiger partial charge in [0, 0.05) is 59.0 Å². The fourth-order valence-corrected chi connectivity index (χ4v) is 7.59. The average Bonchev–Trinajstić information content (AvgIpc) is 3.91. The minimum absolute atomic E-state index is 0. The molecular weight excluding hydrogens is 975 g/mol. The Labute approximate surface area is 396 Å². The number of fused-ring (bicyclic) bond motifs is 2. The molecule has 0 bridgehead atoms. The highest BCUT2D eigenvalue weighted by Crippen LogP contribution is 2.38. The molecule has 0 spiro atoms. The van der Waals surface area contributed by atoms with Crippen molar-refractivity contribution in [2.75, 3.05) is 28.6 Å². The molecule has 11 nitrogen and oxygen atoms in total. The highest BCUT2D eigenvalue weighted by Gasteiger charge is 2.38. The van der Waals surface area contributed by atoms with Gasteiger partial charge in [0.1, 0.15) is 23.9 Å². The van der Waals surface area contributed by atoms with E-state index in [9.17, 15) is 40.3 Å². The molecule has 2 aliphatic heterocycles. The summed E-state index contributed by atoms with van der Waals surface area (Å²) in [6, 6.07) is 13.3. The monoisotopic (exact) mass is 1010 g/mol. The lowest BCUT2D eigenvalue weighted by molar-refractivity contribution is -0.139. The maximum atomic E-state index is 13.3. The van der Waals surface area contributed by atoms with Gasteiger partial charge in [-0.15, -0.1) is 0 Å². The summed E-state index contributed by atoms with van der Waals surface area (Å²) in [6.07, 6.45) is -3.00. The standard InChI is InChI=1S/C23H18F4N4O.C22H17BrF3N5O.2H2S/c1-14-3-4-16(11-28-14)5-6-17-12-29-31-15(2)13-30(22(32)21(17)31)19-7-8-20(23(25,26)27)18(9-19)10-24;1-13-12-30(17-5-6-18(22(24,25)26)16(8-17)9-23)21(32)20-15(11-29-31(13)20)4-2-14-3-7-19(27)28-10-14;;/h3-4,7-9,11-12,15H,10,13H2,1-2H3;3,5-8,10-11,13H,9,12H2,1H3,(H2,27,28);2*1H2/t15-;13-;;/m00../s1/i24-1;;;. The van der Waals surface area contributed by atoms with Crippen molar-refractivity contribution < 1.29 is 40.3 Å². The van der Waals surface area contributed by atoms with Crippen LogP contribution in [0.5, 0.6) is 0 Å². The molecule has 66 heavy (non-hydrogen) atoms. The summed E-state index contributed by atoms with van der Waals surface area (Å²) in [7, 11) is 0. The highest BCUT2D eigenvalue weighted by molar-refractivity contribution is 9.08. The molecule has 21 heteroatoms. The first-order chi connectivity index (χ1) is 30.4. The van der Waals surface area contributed by atoms with Crippen LogP contribution >= 0.6 is 42.9 Å². The summed E-state index contributed by atoms with van der Waals surface area (Å²) < 4.78 is 95.7. The molecule has 0 saturated carbocycles. The number of carbonyl (C=O) groups excluding carboxylic acids is 2. The molecule has 2 amide bonds. The minimum atomic E-state index is -4.68. The van der Waals surface area contributed by atoms with Gasteiger partial charge >= 0.3 is 12.4 Å². The van der Waals surface area contributed by atoms with Crippen molar-refractivity contribution in [3.05, 3.63) is 147 Å². The largest absolute Gasteiger partial charge is 0.416 e. The molecule has 6 aromatic rings. The van der Waals surface area contributed by atoms with E-state index in [0.717, 1.165) is 23.9 Å². The van der Waals surface area contributed by atoms with Gasteiger partial charge < -0.3 is 15.5 Å². The fraction of sp³-hybridized carbons (Fsp3) is 0.244. The van der Waals surface area contributed by atoms with Gasteiger partial charge in [0.05, 0.1) is 46.7 Å². The SMILES string of the molecule is C[C@H]1CN(c2ccc(C(F)(F)F)c(CBr)c2)C(=O)c2c(C#Cc3ccc(N)nc3)cnn21.Cc1ccc(C#Cc2cnn3c2C(=O)N(c2ccc(C(F)(F)F)c(C[18F])c2)C[C@@H]3C)cn1.S.S. The van der Waals surface area contributed by atoms with Crippen LogP contribution in [0.1, 0.15) is 97.1 Å². The first-order valence-electron chi connectivity index (χ1n) is 19.4. The Morgan fingerprint density at radius 1 is 0.667 bits per heavy atom. The molecule has 0 aliphatic carbocycles. The summed E-state index contributed by atoms with van der Waals surface area (Å²) in [5.41, 5.74) is 7.40. The number of alkyl halides is 8. The van der Waals surface area contributed by atoms with Crippen LogP contribution in [0.4, 0.5) is 47.9 Å². The number of carbonyl (C=O) groups is 2. The number of rotatable bonds is 4. The van der Waals surface area contributed by atoms with E-state index in [-0.39, 0.29) is 80.3 Å². The zero-order valence-electron chi connectivity index (χ0n) is 35.1. The lowest BCUT2D eigenvalue weighted by Gasteiger charge is -2.32. The number of hydrogen-bond acceptors (Lipinski definition) is 7. The molecule has 2 N–H and O–H groups in total. The van der Waals surface area contributed by atoms with Crippen molar-refractivity contribution in [3.63, 3.8) is 0 Å². The fourth-order valence-electron chi connectivity index (χ4n) is 7.12. The number of aromatic nitrogens is 6. The number of hydrogen-bond donors (Lipinski definition) is 1. The van der Waals surface area contributed by atoms with Crippen molar-refractivity contribution in [3.8, 4) is 23.7 Å². The van der Waals surface area contributed by atoms with Gasteiger partial charge in [-0.3, -0.25) is 23.9 Å². The molecule has 6 heterocycles. The summed E-state index contributed by atoms with van der Waals surface area (Å²) in [4.78, 5) is 37.5. The molecule has 344 valence electrons. The van der Waals surface area contributed by atoms with Crippen LogP contribution < -0.4 is 15.5 Å². The van der Waals surface area contributed by atoms with Crippen molar-refractivity contribution in [1.29, 1.82) is 0 Å². The Hall–Kier alpha value is -6.29. The van der Waals surface area contributed by atoms with Crippen molar-refractivity contribution >= 4 is 71.9 Å². The molecule has 2 atom stereocenters. The van der Waals surface area contributed by atoms with Gasteiger partial charge in [-0.1, -0.05) is 39.6 Å². The van der Waals surface area contributed by atoms with E-state index < -0.39 is 41.6 Å². The van der Waals surface area contributed by atoms with Gasteiger partial charge in [0.2, 0.25) is 0 Å². The van der Waals surface area contributed by atoms with Gasteiger partial charge in [-0.25, -0.2) is 9.37 Å². The van der Waals surface area contributed by atoms with E-state index in [4.69, 9.17) is 5.73 Å². The van der Waals surface area contributed by atoms with Crippen LogP contribution in [0.3, 0.4) is 0 Å². The zero-order chi connectivity index (χ0) is 46.1. The topological polar surface area (TPSA) is 128 Å². The summed E-state index contributed by atoms with van der Waals surface area (Å²) in [6.45, 7) is 4.73. The number of amides is 2. The van der Waals surface area contributed by atoms with Gasteiger partial charge in [0.25, 0.3) is 11.8 Å². The molecule has 4 aromatic heterocycles. The van der Waals surface area contributed by atoms with Crippen LogP contribution in [0.2, 0.25) is 0 Å². The minimum Gasteiger partial charge on any atom is -0.384 e. The molecular formula is C45H39BrF7N9O2S2. The van der Waals surface area contributed by atoms with E-state index in [1.807, 2.05) is 32.9 Å². The third-order valence-corrected chi connectivity index (χ3v) is 10.9. The summed E-state index contributed by atoms with van der Waals surface area (Å²) >= 11 is 3.12. The van der Waals surface area contributed by atoms with Crippen molar-refractivity contribution in [2.24, 2.45) is 0 Å². The Kier molecular flexibility index (Phi) is 15.7. The number of anilines is 3. The predicted octanol–water partition coefficient (Wildman–Crippen LogP) is 9.32. The third kappa shape index (κ3) is 10.7. The number of aryl methyl sites for hydroxylation is 1. The number of halogens is 8.